The molecule has 1 aromatic heterocycles. The molecule has 0 spiro atoms. The molecule has 0 amide bonds. The van der Waals surface area contributed by atoms with Crippen molar-refractivity contribution in [1.82, 2.24) is 10.3 Å². The number of anilines is 1. The van der Waals surface area contributed by atoms with E-state index in [0.717, 1.165) is 31.6 Å². The standard InChI is InChI=1S/C17H27N3/c1-12(2)16-8-14(10-18-15-4-5-15)9-17(19-16)20-7-6-13(3)11-20/h8-9,12-13,15,18H,4-7,10-11H2,1-3H3. The van der Waals surface area contributed by atoms with Crippen molar-refractivity contribution in [3.8, 4) is 0 Å². The van der Waals surface area contributed by atoms with Crippen LogP contribution in [0.3, 0.4) is 0 Å². The lowest BCUT2D eigenvalue weighted by atomic mass is 10.1. The van der Waals surface area contributed by atoms with Gasteiger partial charge >= 0.3 is 0 Å². The maximum absolute atomic E-state index is 4.89. The van der Waals surface area contributed by atoms with Crippen LogP contribution in [0.25, 0.3) is 0 Å². The minimum atomic E-state index is 0.495. The molecule has 2 fully saturated rings. The van der Waals surface area contributed by atoms with Gasteiger partial charge in [-0.2, -0.15) is 0 Å². The second kappa shape index (κ2) is 5.72. The molecule has 110 valence electrons. The summed E-state index contributed by atoms with van der Waals surface area (Å²) < 4.78 is 0. The van der Waals surface area contributed by atoms with Crippen LogP contribution >= 0.6 is 0 Å². The summed E-state index contributed by atoms with van der Waals surface area (Å²) in [6.45, 7) is 10.1. The third kappa shape index (κ3) is 3.32. The summed E-state index contributed by atoms with van der Waals surface area (Å²) in [6.07, 6.45) is 3.99. The second-order valence-electron chi connectivity index (χ2n) is 6.91. The van der Waals surface area contributed by atoms with E-state index in [1.165, 1.54) is 36.3 Å². The van der Waals surface area contributed by atoms with Crippen molar-refractivity contribution in [2.45, 2.75) is 58.5 Å². The monoisotopic (exact) mass is 273 g/mol. The summed E-state index contributed by atoms with van der Waals surface area (Å²) in [6, 6.07) is 5.34. The Labute approximate surface area is 122 Å². The molecule has 1 unspecified atom stereocenters. The Hall–Kier alpha value is -1.09. The second-order valence-corrected chi connectivity index (χ2v) is 6.91. The lowest BCUT2D eigenvalue weighted by Crippen LogP contribution is -2.22. The largest absolute Gasteiger partial charge is 0.356 e. The summed E-state index contributed by atoms with van der Waals surface area (Å²) in [7, 11) is 0. The number of rotatable bonds is 5. The van der Waals surface area contributed by atoms with Gasteiger partial charge in [-0.1, -0.05) is 20.8 Å². The number of hydrogen-bond donors (Lipinski definition) is 1. The fraction of sp³-hybridized carbons (Fsp3) is 0.706. The number of aromatic nitrogens is 1. The molecule has 2 heterocycles. The minimum Gasteiger partial charge on any atom is -0.356 e. The van der Waals surface area contributed by atoms with Crippen molar-refractivity contribution in [1.29, 1.82) is 0 Å². The summed E-state index contributed by atoms with van der Waals surface area (Å²) in [5.41, 5.74) is 2.62. The van der Waals surface area contributed by atoms with Gasteiger partial charge in [0.05, 0.1) is 0 Å². The molecule has 1 saturated heterocycles. The van der Waals surface area contributed by atoms with Crippen molar-refractivity contribution in [3.05, 3.63) is 23.4 Å². The third-order valence-corrected chi connectivity index (χ3v) is 4.40. The first-order chi connectivity index (χ1) is 9.61. The Kier molecular flexibility index (Phi) is 3.97. The molecule has 1 aliphatic carbocycles. The zero-order valence-electron chi connectivity index (χ0n) is 13.0. The van der Waals surface area contributed by atoms with E-state index in [0.29, 0.717) is 5.92 Å². The van der Waals surface area contributed by atoms with E-state index in [-0.39, 0.29) is 0 Å². The molecule has 3 heteroatoms. The van der Waals surface area contributed by atoms with Crippen LogP contribution in [0.5, 0.6) is 0 Å². The van der Waals surface area contributed by atoms with Gasteiger partial charge in [-0.15, -0.1) is 0 Å². The molecule has 1 aromatic rings. The SMILES string of the molecule is CC1CCN(c2cc(CNC3CC3)cc(C(C)C)n2)C1. The van der Waals surface area contributed by atoms with Crippen LogP contribution in [0.2, 0.25) is 0 Å². The molecule has 0 radical (unpaired) electrons. The smallest absolute Gasteiger partial charge is 0.129 e. The molecule has 2 aliphatic rings. The lowest BCUT2D eigenvalue weighted by molar-refractivity contribution is 0.658. The molecule has 1 aliphatic heterocycles. The number of nitrogens with one attached hydrogen (secondary N) is 1. The molecular weight excluding hydrogens is 246 g/mol. The molecule has 0 aromatic carbocycles. The molecular formula is C17H27N3. The average molecular weight is 273 g/mol. The third-order valence-electron chi connectivity index (χ3n) is 4.40. The first kappa shape index (κ1) is 13.9. The van der Waals surface area contributed by atoms with Crippen LogP contribution in [-0.4, -0.2) is 24.1 Å². The molecule has 1 atom stereocenters. The lowest BCUT2D eigenvalue weighted by Gasteiger charge is -2.20. The Bertz CT molecular complexity index is 465. The highest BCUT2D eigenvalue weighted by Gasteiger charge is 2.22. The maximum atomic E-state index is 4.89. The van der Waals surface area contributed by atoms with Gasteiger partial charge in [0.1, 0.15) is 5.82 Å². The summed E-state index contributed by atoms with van der Waals surface area (Å²) in [5.74, 6) is 2.48. The summed E-state index contributed by atoms with van der Waals surface area (Å²) in [5, 5.41) is 3.62. The van der Waals surface area contributed by atoms with E-state index in [1.807, 2.05) is 0 Å². The molecule has 0 bridgehead atoms. The van der Waals surface area contributed by atoms with Gasteiger partial charge in [0.2, 0.25) is 0 Å². The fourth-order valence-corrected chi connectivity index (χ4v) is 2.85. The van der Waals surface area contributed by atoms with E-state index in [1.54, 1.807) is 0 Å². The van der Waals surface area contributed by atoms with Crippen molar-refractivity contribution < 1.29 is 0 Å². The quantitative estimate of drug-likeness (QED) is 0.892. The van der Waals surface area contributed by atoms with Crippen molar-refractivity contribution in [3.63, 3.8) is 0 Å². The van der Waals surface area contributed by atoms with Crippen molar-refractivity contribution >= 4 is 5.82 Å². The zero-order valence-corrected chi connectivity index (χ0v) is 13.0. The summed E-state index contributed by atoms with van der Waals surface area (Å²) >= 11 is 0. The van der Waals surface area contributed by atoms with Crippen molar-refractivity contribution in [2.75, 3.05) is 18.0 Å². The fourth-order valence-electron chi connectivity index (χ4n) is 2.85. The van der Waals surface area contributed by atoms with E-state index >= 15 is 0 Å². The van der Waals surface area contributed by atoms with E-state index in [2.05, 4.69) is 43.1 Å². The van der Waals surface area contributed by atoms with Gasteiger partial charge in [0.15, 0.2) is 0 Å². The summed E-state index contributed by atoms with van der Waals surface area (Å²) in [4.78, 5) is 7.35. The molecule has 20 heavy (non-hydrogen) atoms. The predicted octanol–water partition coefficient (Wildman–Crippen LogP) is 3.30. The number of hydrogen-bond acceptors (Lipinski definition) is 3. The van der Waals surface area contributed by atoms with Gasteiger partial charge in [-0.05, 0) is 48.8 Å². The van der Waals surface area contributed by atoms with Crippen LogP contribution in [0.15, 0.2) is 12.1 Å². The number of nitrogens with zero attached hydrogens (tertiary/aromatic N) is 2. The highest BCUT2D eigenvalue weighted by atomic mass is 15.2. The molecule has 1 saturated carbocycles. The highest BCUT2D eigenvalue weighted by Crippen LogP contribution is 2.26. The van der Waals surface area contributed by atoms with Gasteiger partial charge in [0, 0.05) is 31.4 Å². The van der Waals surface area contributed by atoms with Gasteiger partial charge in [-0.3, -0.25) is 0 Å². The predicted molar refractivity (Wildman–Crippen MR) is 84.2 cm³/mol. The maximum Gasteiger partial charge on any atom is 0.129 e. The minimum absolute atomic E-state index is 0.495. The Balaban J connectivity index is 1.79. The Morgan fingerprint density at radius 1 is 1.30 bits per heavy atom. The van der Waals surface area contributed by atoms with Crippen LogP contribution in [-0.2, 0) is 6.54 Å². The van der Waals surface area contributed by atoms with Crippen LogP contribution in [0.4, 0.5) is 5.82 Å². The van der Waals surface area contributed by atoms with Gasteiger partial charge < -0.3 is 10.2 Å². The highest BCUT2D eigenvalue weighted by molar-refractivity contribution is 5.44. The zero-order chi connectivity index (χ0) is 14.1. The first-order valence-electron chi connectivity index (χ1n) is 8.11. The first-order valence-corrected chi connectivity index (χ1v) is 8.11. The topological polar surface area (TPSA) is 28.2 Å². The molecule has 3 nitrogen and oxygen atoms in total. The van der Waals surface area contributed by atoms with Gasteiger partial charge in [-0.25, -0.2) is 4.98 Å². The Morgan fingerprint density at radius 3 is 2.70 bits per heavy atom. The Morgan fingerprint density at radius 2 is 2.10 bits per heavy atom. The van der Waals surface area contributed by atoms with Crippen LogP contribution < -0.4 is 10.2 Å². The normalized spacial score (nSPS) is 22.8. The van der Waals surface area contributed by atoms with E-state index in [9.17, 15) is 0 Å². The molecule has 1 N–H and O–H groups in total. The van der Waals surface area contributed by atoms with E-state index < -0.39 is 0 Å². The molecule has 3 rings (SSSR count). The van der Waals surface area contributed by atoms with Crippen LogP contribution in [0.1, 0.15) is 57.2 Å². The van der Waals surface area contributed by atoms with Crippen LogP contribution in [0, 0.1) is 5.92 Å². The number of pyridine rings is 1. The van der Waals surface area contributed by atoms with Crippen molar-refractivity contribution in [2.24, 2.45) is 5.92 Å². The van der Waals surface area contributed by atoms with E-state index in [4.69, 9.17) is 4.98 Å². The van der Waals surface area contributed by atoms with Gasteiger partial charge in [0.25, 0.3) is 0 Å². The average Bonchev–Trinajstić information content (AvgIpc) is 3.16.